The van der Waals surface area contributed by atoms with Gasteiger partial charge < -0.3 is 15.4 Å². The highest BCUT2D eigenvalue weighted by molar-refractivity contribution is 5.78. The summed E-state index contributed by atoms with van der Waals surface area (Å²) in [6.07, 6.45) is 2.42. The molecule has 1 fully saturated rings. The Balaban J connectivity index is 2.48. The van der Waals surface area contributed by atoms with E-state index in [1.807, 2.05) is 13.8 Å². The number of ether oxygens (including phenoxy) is 1. The number of hydrogen-bond donors (Lipinski definition) is 1. The molecular formula is C11H23N3O. The van der Waals surface area contributed by atoms with Gasteiger partial charge in [0.1, 0.15) is 0 Å². The van der Waals surface area contributed by atoms with Gasteiger partial charge in [0, 0.05) is 26.2 Å². The lowest BCUT2D eigenvalue weighted by molar-refractivity contribution is 0.115. The van der Waals surface area contributed by atoms with Crippen LogP contribution in [-0.2, 0) is 4.74 Å². The Morgan fingerprint density at radius 2 is 2.33 bits per heavy atom. The van der Waals surface area contributed by atoms with Gasteiger partial charge in [-0.25, -0.2) is 0 Å². The maximum Gasteiger partial charge on any atom is 0.191 e. The first-order valence-electron chi connectivity index (χ1n) is 5.70. The molecule has 0 radical (unpaired) electrons. The van der Waals surface area contributed by atoms with Crippen molar-refractivity contribution < 1.29 is 4.74 Å². The molecule has 0 saturated carbocycles. The fourth-order valence-electron chi connectivity index (χ4n) is 1.99. The van der Waals surface area contributed by atoms with E-state index in [2.05, 4.69) is 9.89 Å². The number of hydrogen-bond acceptors (Lipinski definition) is 2. The number of piperidine rings is 1. The predicted molar refractivity (Wildman–Crippen MR) is 62.9 cm³/mol. The number of nitrogens with zero attached hydrogens (tertiary/aromatic N) is 2. The van der Waals surface area contributed by atoms with E-state index in [0.717, 1.165) is 19.7 Å². The molecule has 1 atom stereocenters. The highest BCUT2D eigenvalue weighted by Crippen LogP contribution is 2.16. The maximum absolute atomic E-state index is 5.94. The molecule has 15 heavy (non-hydrogen) atoms. The van der Waals surface area contributed by atoms with Crippen LogP contribution in [0.1, 0.15) is 26.7 Å². The Kier molecular flexibility index (Phi) is 4.88. The molecular weight excluding hydrogens is 190 g/mol. The van der Waals surface area contributed by atoms with Crippen LogP contribution in [-0.4, -0.2) is 43.7 Å². The highest BCUT2D eigenvalue weighted by atomic mass is 16.5. The van der Waals surface area contributed by atoms with Crippen LogP contribution >= 0.6 is 0 Å². The molecule has 0 aromatic rings. The van der Waals surface area contributed by atoms with E-state index < -0.39 is 0 Å². The lowest BCUT2D eigenvalue weighted by atomic mass is 9.99. The number of aliphatic imine (C=N–C) groups is 1. The van der Waals surface area contributed by atoms with Gasteiger partial charge in [0.2, 0.25) is 0 Å². The molecule has 88 valence electrons. The van der Waals surface area contributed by atoms with Crippen molar-refractivity contribution in [2.75, 3.05) is 26.8 Å². The van der Waals surface area contributed by atoms with Gasteiger partial charge in [-0.05, 0) is 32.6 Å². The second-order valence-electron chi connectivity index (χ2n) is 4.49. The van der Waals surface area contributed by atoms with Gasteiger partial charge in [0.05, 0.1) is 6.61 Å². The summed E-state index contributed by atoms with van der Waals surface area (Å²) < 4.78 is 5.18. The van der Waals surface area contributed by atoms with Crippen molar-refractivity contribution in [1.82, 2.24) is 4.90 Å². The minimum absolute atomic E-state index is 0.271. The van der Waals surface area contributed by atoms with E-state index in [4.69, 9.17) is 10.5 Å². The summed E-state index contributed by atoms with van der Waals surface area (Å²) in [6, 6.07) is 0.271. The van der Waals surface area contributed by atoms with Crippen LogP contribution in [0.25, 0.3) is 0 Å². The third kappa shape index (κ3) is 4.08. The summed E-state index contributed by atoms with van der Waals surface area (Å²) in [5.74, 6) is 1.29. The number of nitrogens with two attached hydrogens (primary N) is 1. The summed E-state index contributed by atoms with van der Waals surface area (Å²) in [7, 11) is 1.75. The number of rotatable bonds is 3. The van der Waals surface area contributed by atoms with Gasteiger partial charge in [-0.15, -0.1) is 0 Å². The predicted octanol–water partition coefficient (Wildman–Crippen LogP) is 1.07. The van der Waals surface area contributed by atoms with Crippen LogP contribution < -0.4 is 5.73 Å². The third-order valence-corrected chi connectivity index (χ3v) is 2.64. The quantitative estimate of drug-likeness (QED) is 0.563. The SMILES string of the molecule is COCC1CCCN(C(N)=NC(C)C)C1. The molecule has 1 unspecified atom stereocenters. The standard InChI is InChI=1S/C11H23N3O/c1-9(2)13-11(12)14-6-4-5-10(7-14)8-15-3/h9-10H,4-8H2,1-3H3,(H2,12,13). The molecule has 0 aromatic heterocycles. The van der Waals surface area contributed by atoms with E-state index in [1.54, 1.807) is 7.11 Å². The molecule has 0 amide bonds. The van der Waals surface area contributed by atoms with E-state index in [-0.39, 0.29) is 6.04 Å². The summed E-state index contributed by atoms with van der Waals surface area (Å²) in [4.78, 5) is 6.55. The van der Waals surface area contributed by atoms with Crippen LogP contribution in [0.15, 0.2) is 4.99 Å². The van der Waals surface area contributed by atoms with Crippen molar-refractivity contribution in [3.8, 4) is 0 Å². The lowest BCUT2D eigenvalue weighted by Crippen LogP contribution is -2.45. The van der Waals surface area contributed by atoms with Gasteiger partial charge in [-0.2, -0.15) is 0 Å². The minimum atomic E-state index is 0.271. The van der Waals surface area contributed by atoms with Gasteiger partial charge in [-0.3, -0.25) is 4.99 Å². The van der Waals surface area contributed by atoms with Gasteiger partial charge in [0.15, 0.2) is 5.96 Å². The molecule has 1 aliphatic heterocycles. The zero-order chi connectivity index (χ0) is 11.3. The molecule has 0 spiro atoms. The first kappa shape index (κ1) is 12.3. The molecule has 0 aromatic carbocycles. The molecule has 1 saturated heterocycles. The van der Waals surface area contributed by atoms with Crippen LogP contribution in [0.4, 0.5) is 0 Å². The largest absolute Gasteiger partial charge is 0.384 e. The molecule has 4 nitrogen and oxygen atoms in total. The van der Waals surface area contributed by atoms with Crippen LogP contribution in [0.3, 0.4) is 0 Å². The van der Waals surface area contributed by atoms with E-state index in [9.17, 15) is 0 Å². The van der Waals surface area contributed by atoms with Crippen LogP contribution in [0.2, 0.25) is 0 Å². The Morgan fingerprint density at radius 3 is 2.93 bits per heavy atom. The zero-order valence-electron chi connectivity index (χ0n) is 10.1. The van der Waals surface area contributed by atoms with Gasteiger partial charge in [0.25, 0.3) is 0 Å². The summed E-state index contributed by atoms with van der Waals surface area (Å²) in [5.41, 5.74) is 5.94. The van der Waals surface area contributed by atoms with Crippen molar-refractivity contribution in [3.05, 3.63) is 0 Å². The molecule has 1 heterocycles. The third-order valence-electron chi connectivity index (χ3n) is 2.64. The molecule has 2 N–H and O–H groups in total. The van der Waals surface area contributed by atoms with E-state index in [0.29, 0.717) is 11.9 Å². The Morgan fingerprint density at radius 1 is 1.60 bits per heavy atom. The number of likely N-dealkylation sites (tertiary alicyclic amines) is 1. The number of methoxy groups -OCH3 is 1. The fraction of sp³-hybridized carbons (Fsp3) is 0.909. The smallest absolute Gasteiger partial charge is 0.191 e. The maximum atomic E-state index is 5.94. The normalized spacial score (nSPS) is 23.6. The lowest BCUT2D eigenvalue weighted by Gasteiger charge is -2.33. The monoisotopic (exact) mass is 213 g/mol. The van der Waals surface area contributed by atoms with Crippen LogP contribution in [0, 0.1) is 5.92 Å². The van der Waals surface area contributed by atoms with Crippen molar-refractivity contribution in [2.45, 2.75) is 32.7 Å². The number of guanidine groups is 1. The molecule has 1 aliphatic rings. The molecule has 0 aliphatic carbocycles. The second-order valence-corrected chi connectivity index (χ2v) is 4.49. The summed E-state index contributed by atoms with van der Waals surface area (Å²) >= 11 is 0. The second kappa shape index (κ2) is 5.95. The molecule has 0 bridgehead atoms. The van der Waals surface area contributed by atoms with Crippen molar-refractivity contribution in [2.24, 2.45) is 16.6 Å². The van der Waals surface area contributed by atoms with Crippen molar-refractivity contribution in [1.29, 1.82) is 0 Å². The first-order chi connectivity index (χ1) is 7.13. The van der Waals surface area contributed by atoms with Crippen LogP contribution in [0.5, 0.6) is 0 Å². The fourth-order valence-corrected chi connectivity index (χ4v) is 1.99. The molecule has 4 heteroatoms. The summed E-state index contributed by atoms with van der Waals surface area (Å²) in [6.45, 7) is 6.93. The Labute approximate surface area is 92.5 Å². The minimum Gasteiger partial charge on any atom is -0.384 e. The summed E-state index contributed by atoms with van der Waals surface area (Å²) in [5, 5.41) is 0. The first-order valence-corrected chi connectivity index (χ1v) is 5.70. The average molecular weight is 213 g/mol. The highest BCUT2D eigenvalue weighted by Gasteiger charge is 2.20. The average Bonchev–Trinajstić information content (AvgIpc) is 2.17. The zero-order valence-corrected chi connectivity index (χ0v) is 10.1. The van der Waals surface area contributed by atoms with E-state index >= 15 is 0 Å². The van der Waals surface area contributed by atoms with Crippen molar-refractivity contribution >= 4 is 5.96 Å². The Bertz CT molecular complexity index is 214. The van der Waals surface area contributed by atoms with Gasteiger partial charge in [-0.1, -0.05) is 0 Å². The Hall–Kier alpha value is -0.770. The van der Waals surface area contributed by atoms with E-state index in [1.165, 1.54) is 12.8 Å². The molecule has 1 rings (SSSR count). The van der Waals surface area contributed by atoms with Gasteiger partial charge >= 0.3 is 0 Å². The topological polar surface area (TPSA) is 50.9 Å². The van der Waals surface area contributed by atoms with Crippen molar-refractivity contribution in [3.63, 3.8) is 0 Å².